The Kier molecular flexibility index (Phi) is 4.08. The predicted octanol–water partition coefficient (Wildman–Crippen LogP) is 3.43. The number of aromatic nitrogens is 1. The van der Waals surface area contributed by atoms with Gasteiger partial charge in [-0.1, -0.05) is 0 Å². The van der Waals surface area contributed by atoms with Crippen LogP contribution in [0, 0.1) is 0 Å². The van der Waals surface area contributed by atoms with Crippen molar-refractivity contribution in [1.82, 2.24) is 4.98 Å². The normalized spacial score (nSPS) is 15.5. The van der Waals surface area contributed by atoms with Gasteiger partial charge in [-0.05, 0) is 60.7 Å². The first-order valence-electron chi connectivity index (χ1n) is 7.19. The van der Waals surface area contributed by atoms with Gasteiger partial charge in [0.05, 0.1) is 5.69 Å². The van der Waals surface area contributed by atoms with Gasteiger partial charge in [-0.25, -0.2) is 4.79 Å². The second-order valence-electron chi connectivity index (χ2n) is 5.26. The zero-order chi connectivity index (χ0) is 14.5. The lowest BCUT2D eigenvalue weighted by Gasteiger charge is -2.33. The van der Waals surface area contributed by atoms with E-state index in [9.17, 15) is 4.79 Å². The molecule has 4 nitrogen and oxygen atoms in total. The third-order valence-electron chi connectivity index (χ3n) is 4.06. The molecule has 21 heavy (non-hydrogen) atoms. The molecule has 1 aliphatic rings. The van der Waals surface area contributed by atoms with Crippen LogP contribution in [0.1, 0.15) is 24.3 Å². The minimum absolute atomic E-state index is 0.628. The lowest BCUT2D eigenvalue weighted by molar-refractivity contribution is 0.505. The number of pyridine rings is 1. The molecule has 1 fully saturated rings. The number of piperidine rings is 1. The molecule has 2 heterocycles. The molecular weight excluding hydrogens is 262 g/mol. The number of nitrogens with zero attached hydrogens (tertiary/aromatic N) is 3. The fourth-order valence-corrected chi connectivity index (χ4v) is 2.90. The summed E-state index contributed by atoms with van der Waals surface area (Å²) in [5, 5.41) is 0. The minimum atomic E-state index is 0.628. The van der Waals surface area contributed by atoms with E-state index in [0.29, 0.717) is 11.6 Å². The Morgan fingerprint density at radius 1 is 1.05 bits per heavy atom. The maximum Gasteiger partial charge on any atom is 0.240 e. The summed E-state index contributed by atoms with van der Waals surface area (Å²) in [5.41, 5.74) is 3.23. The van der Waals surface area contributed by atoms with E-state index in [4.69, 9.17) is 0 Å². The molecule has 0 unspecified atom stereocenters. The molecule has 0 aliphatic carbocycles. The Labute approximate surface area is 124 Å². The van der Waals surface area contributed by atoms with Crippen LogP contribution in [0.2, 0.25) is 0 Å². The fraction of sp³-hybridized carbons (Fsp3) is 0.294. The van der Waals surface area contributed by atoms with Crippen LogP contribution in [0.4, 0.5) is 11.4 Å². The highest BCUT2D eigenvalue weighted by molar-refractivity contribution is 5.56. The summed E-state index contributed by atoms with van der Waals surface area (Å²) in [6, 6.07) is 12.0. The van der Waals surface area contributed by atoms with Crippen molar-refractivity contribution < 1.29 is 4.79 Å². The molecule has 0 spiro atoms. The smallest absolute Gasteiger partial charge is 0.240 e. The monoisotopic (exact) mass is 279 g/mol. The summed E-state index contributed by atoms with van der Waals surface area (Å²) < 4.78 is 0. The van der Waals surface area contributed by atoms with E-state index in [1.165, 1.54) is 11.3 Å². The van der Waals surface area contributed by atoms with Crippen LogP contribution >= 0.6 is 0 Å². The van der Waals surface area contributed by atoms with Gasteiger partial charge >= 0.3 is 0 Å². The van der Waals surface area contributed by atoms with E-state index in [-0.39, 0.29) is 0 Å². The van der Waals surface area contributed by atoms with E-state index < -0.39 is 0 Å². The van der Waals surface area contributed by atoms with E-state index in [2.05, 4.69) is 27.0 Å². The molecule has 3 rings (SSSR count). The average molecular weight is 279 g/mol. The van der Waals surface area contributed by atoms with Gasteiger partial charge in [-0.15, -0.1) is 0 Å². The van der Waals surface area contributed by atoms with Crippen LogP contribution in [0.15, 0.2) is 53.8 Å². The number of carbonyl (C=O) groups excluding carboxylic acids is 1. The molecule has 2 aromatic rings. The van der Waals surface area contributed by atoms with Gasteiger partial charge in [0.2, 0.25) is 6.08 Å². The van der Waals surface area contributed by atoms with Crippen molar-refractivity contribution in [3.63, 3.8) is 0 Å². The first-order valence-corrected chi connectivity index (χ1v) is 7.19. The van der Waals surface area contributed by atoms with Gasteiger partial charge < -0.3 is 4.90 Å². The summed E-state index contributed by atoms with van der Waals surface area (Å²) in [5.74, 6) is 0.628. The van der Waals surface area contributed by atoms with Gasteiger partial charge in [-0.3, -0.25) is 4.98 Å². The third-order valence-corrected chi connectivity index (χ3v) is 4.06. The van der Waals surface area contributed by atoms with Crippen LogP contribution in [0.25, 0.3) is 0 Å². The maximum absolute atomic E-state index is 10.2. The zero-order valence-corrected chi connectivity index (χ0v) is 11.8. The largest absolute Gasteiger partial charge is 0.371 e. The molecule has 0 amide bonds. The van der Waals surface area contributed by atoms with E-state index in [0.717, 1.165) is 25.9 Å². The number of anilines is 1. The van der Waals surface area contributed by atoms with Crippen LogP contribution in [0.3, 0.4) is 0 Å². The van der Waals surface area contributed by atoms with Gasteiger partial charge in [0.1, 0.15) is 0 Å². The third kappa shape index (κ3) is 3.18. The van der Waals surface area contributed by atoms with Crippen LogP contribution < -0.4 is 4.90 Å². The van der Waals surface area contributed by atoms with Crippen molar-refractivity contribution in [3.05, 3.63) is 54.4 Å². The van der Waals surface area contributed by atoms with Crippen LogP contribution in [-0.2, 0) is 4.79 Å². The highest BCUT2D eigenvalue weighted by Gasteiger charge is 2.20. The van der Waals surface area contributed by atoms with Gasteiger partial charge in [0.15, 0.2) is 0 Å². The Morgan fingerprint density at radius 2 is 1.71 bits per heavy atom. The van der Waals surface area contributed by atoms with Crippen molar-refractivity contribution in [3.8, 4) is 0 Å². The molecule has 4 heteroatoms. The number of aliphatic imine (C=N–C) groups is 1. The standard InChI is InChI=1S/C17H17N3O/c21-13-19-16-1-3-17(4-2-16)20-11-7-15(8-12-20)14-5-9-18-10-6-14/h1-6,9-10,15H,7-8,11-12H2. The first kappa shape index (κ1) is 13.5. The molecular formula is C17H17N3O. The Hall–Kier alpha value is -2.45. The summed E-state index contributed by atoms with van der Waals surface area (Å²) in [4.78, 5) is 20.3. The van der Waals surface area contributed by atoms with Crippen LogP contribution in [0.5, 0.6) is 0 Å². The average Bonchev–Trinajstić information content (AvgIpc) is 2.57. The second kappa shape index (κ2) is 6.33. The summed E-state index contributed by atoms with van der Waals surface area (Å²) in [6.07, 6.45) is 7.60. The molecule has 0 atom stereocenters. The number of hydrogen-bond acceptors (Lipinski definition) is 4. The first-order chi connectivity index (χ1) is 10.4. The molecule has 0 N–H and O–H groups in total. The number of hydrogen-bond donors (Lipinski definition) is 0. The van der Waals surface area contributed by atoms with Crippen molar-refractivity contribution in [1.29, 1.82) is 0 Å². The topological polar surface area (TPSA) is 45.6 Å². The Morgan fingerprint density at radius 3 is 2.33 bits per heavy atom. The van der Waals surface area contributed by atoms with Crippen molar-refractivity contribution in [2.24, 2.45) is 4.99 Å². The minimum Gasteiger partial charge on any atom is -0.371 e. The maximum atomic E-state index is 10.2. The van der Waals surface area contributed by atoms with Gasteiger partial charge in [0, 0.05) is 31.2 Å². The van der Waals surface area contributed by atoms with Gasteiger partial charge in [0.25, 0.3) is 0 Å². The van der Waals surface area contributed by atoms with Crippen molar-refractivity contribution in [2.75, 3.05) is 18.0 Å². The SMILES string of the molecule is O=C=Nc1ccc(N2CCC(c3ccncc3)CC2)cc1. The van der Waals surface area contributed by atoms with Crippen LogP contribution in [-0.4, -0.2) is 24.2 Å². The van der Waals surface area contributed by atoms with Crippen molar-refractivity contribution >= 4 is 17.5 Å². The number of rotatable bonds is 3. The molecule has 1 saturated heterocycles. The molecule has 0 saturated carbocycles. The Bertz CT molecular complexity index is 625. The quantitative estimate of drug-likeness (QED) is 0.638. The molecule has 1 aliphatic heterocycles. The zero-order valence-electron chi connectivity index (χ0n) is 11.8. The van der Waals surface area contributed by atoms with E-state index in [1.54, 1.807) is 6.08 Å². The highest BCUT2D eigenvalue weighted by Crippen LogP contribution is 2.30. The number of isocyanates is 1. The second-order valence-corrected chi connectivity index (χ2v) is 5.26. The fourth-order valence-electron chi connectivity index (χ4n) is 2.90. The molecule has 0 bridgehead atoms. The van der Waals surface area contributed by atoms with E-state index in [1.807, 2.05) is 36.7 Å². The summed E-state index contributed by atoms with van der Waals surface area (Å²) in [6.45, 7) is 2.09. The predicted molar refractivity (Wildman–Crippen MR) is 82.6 cm³/mol. The van der Waals surface area contributed by atoms with Crippen molar-refractivity contribution in [2.45, 2.75) is 18.8 Å². The van der Waals surface area contributed by atoms with Gasteiger partial charge in [-0.2, -0.15) is 4.99 Å². The molecule has 106 valence electrons. The van der Waals surface area contributed by atoms with E-state index >= 15 is 0 Å². The molecule has 1 aromatic heterocycles. The Balaban J connectivity index is 1.64. The molecule has 1 aromatic carbocycles. The summed E-state index contributed by atoms with van der Waals surface area (Å²) >= 11 is 0. The lowest BCUT2D eigenvalue weighted by atomic mass is 9.90. The lowest BCUT2D eigenvalue weighted by Crippen LogP contribution is -2.32. The molecule has 0 radical (unpaired) electrons. The summed E-state index contributed by atoms with van der Waals surface area (Å²) in [7, 11) is 0. The number of benzene rings is 1. The highest BCUT2D eigenvalue weighted by atomic mass is 16.1.